The summed E-state index contributed by atoms with van der Waals surface area (Å²) in [7, 11) is 0. The Morgan fingerprint density at radius 3 is 2.62 bits per heavy atom. The molecule has 0 atom stereocenters. The Hall–Kier alpha value is -1.06. The minimum absolute atomic E-state index is 0.107. The minimum Gasteiger partial charge on any atom is -0.399 e. The van der Waals surface area contributed by atoms with E-state index in [-0.39, 0.29) is 6.29 Å². The summed E-state index contributed by atoms with van der Waals surface area (Å²) < 4.78 is 10.7. The van der Waals surface area contributed by atoms with Crippen LogP contribution >= 0.6 is 0 Å². The zero-order chi connectivity index (χ0) is 9.10. The van der Waals surface area contributed by atoms with Gasteiger partial charge in [0.1, 0.15) is 0 Å². The van der Waals surface area contributed by atoms with E-state index in [4.69, 9.17) is 15.2 Å². The predicted octanol–water partition coefficient (Wildman–Crippen LogP) is 1.18. The fourth-order valence-electron chi connectivity index (χ4n) is 1.42. The smallest absolute Gasteiger partial charge is 0.161 e. The molecule has 1 fully saturated rings. The highest BCUT2D eigenvalue weighted by Crippen LogP contribution is 2.16. The molecule has 13 heavy (non-hydrogen) atoms. The number of rotatable bonds is 2. The molecule has 1 aromatic rings. The molecule has 70 valence electrons. The van der Waals surface area contributed by atoms with E-state index in [1.54, 1.807) is 0 Å². The molecule has 0 saturated carbocycles. The molecule has 0 amide bonds. The molecule has 1 saturated heterocycles. The third-order valence-corrected chi connectivity index (χ3v) is 2.13. The topological polar surface area (TPSA) is 44.5 Å². The van der Waals surface area contributed by atoms with Gasteiger partial charge in [0.25, 0.3) is 0 Å². The van der Waals surface area contributed by atoms with Crippen molar-refractivity contribution in [1.82, 2.24) is 0 Å². The number of ether oxygens (including phenoxy) is 2. The lowest BCUT2D eigenvalue weighted by Gasteiger charge is -2.10. The largest absolute Gasteiger partial charge is 0.399 e. The number of hydrogen-bond acceptors (Lipinski definition) is 3. The van der Waals surface area contributed by atoms with Crippen molar-refractivity contribution in [3.05, 3.63) is 29.8 Å². The fourth-order valence-corrected chi connectivity index (χ4v) is 1.42. The minimum atomic E-state index is -0.107. The third kappa shape index (κ3) is 1.99. The lowest BCUT2D eigenvalue weighted by Crippen LogP contribution is -2.12. The van der Waals surface area contributed by atoms with Crippen LogP contribution in [0.1, 0.15) is 5.56 Å². The first kappa shape index (κ1) is 8.53. The summed E-state index contributed by atoms with van der Waals surface area (Å²) in [6.45, 7) is 1.38. The summed E-state index contributed by atoms with van der Waals surface area (Å²) in [5, 5.41) is 0. The molecule has 0 radical (unpaired) electrons. The van der Waals surface area contributed by atoms with Crippen molar-refractivity contribution in [3.63, 3.8) is 0 Å². The van der Waals surface area contributed by atoms with E-state index in [1.807, 2.05) is 24.3 Å². The SMILES string of the molecule is Nc1ccccc1CC1OCCO1. The molecule has 0 bridgehead atoms. The van der Waals surface area contributed by atoms with Gasteiger partial charge in [-0.15, -0.1) is 0 Å². The van der Waals surface area contributed by atoms with Crippen molar-refractivity contribution in [2.75, 3.05) is 18.9 Å². The van der Waals surface area contributed by atoms with Gasteiger partial charge in [0.15, 0.2) is 6.29 Å². The Bertz CT molecular complexity index is 282. The zero-order valence-electron chi connectivity index (χ0n) is 7.40. The Balaban J connectivity index is 2.04. The molecule has 1 heterocycles. The fraction of sp³-hybridized carbons (Fsp3) is 0.400. The maximum atomic E-state index is 5.79. The van der Waals surface area contributed by atoms with Crippen LogP contribution in [-0.4, -0.2) is 19.5 Å². The summed E-state index contributed by atoms with van der Waals surface area (Å²) in [6.07, 6.45) is 0.636. The van der Waals surface area contributed by atoms with Crippen molar-refractivity contribution < 1.29 is 9.47 Å². The molecule has 0 unspecified atom stereocenters. The third-order valence-electron chi connectivity index (χ3n) is 2.13. The molecule has 1 aromatic carbocycles. The maximum Gasteiger partial charge on any atom is 0.161 e. The summed E-state index contributed by atoms with van der Waals surface area (Å²) in [6, 6.07) is 7.79. The first-order valence-corrected chi connectivity index (χ1v) is 4.43. The Morgan fingerprint density at radius 2 is 1.92 bits per heavy atom. The summed E-state index contributed by atoms with van der Waals surface area (Å²) in [4.78, 5) is 0. The predicted molar refractivity (Wildman–Crippen MR) is 50.3 cm³/mol. The van der Waals surface area contributed by atoms with Crippen molar-refractivity contribution in [1.29, 1.82) is 0 Å². The van der Waals surface area contributed by atoms with E-state index in [0.717, 1.165) is 17.7 Å². The lowest BCUT2D eigenvalue weighted by atomic mass is 10.1. The van der Waals surface area contributed by atoms with Gasteiger partial charge in [-0.3, -0.25) is 0 Å². The lowest BCUT2D eigenvalue weighted by molar-refractivity contribution is -0.0398. The van der Waals surface area contributed by atoms with Gasteiger partial charge in [-0.2, -0.15) is 0 Å². The number of para-hydroxylation sites is 1. The molecule has 1 aliphatic heterocycles. The first-order chi connectivity index (χ1) is 6.36. The van der Waals surface area contributed by atoms with E-state index < -0.39 is 0 Å². The molecule has 2 N–H and O–H groups in total. The molecule has 3 nitrogen and oxygen atoms in total. The van der Waals surface area contributed by atoms with E-state index in [0.29, 0.717) is 13.2 Å². The molecule has 3 heteroatoms. The monoisotopic (exact) mass is 179 g/mol. The number of hydrogen-bond donors (Lipinski definition) is 1. The van der Waals surface area contributed by atoms with Crippen LogP contribution in [0.5, 0.6) is 0 Å². The molecular weight excluding hydrogens is 166 g/mol. The summed E-state index contributed by atoms with van der Waals surface area (Å²) >= 11 is 0. The Labute approximate surface area is 77.5 Å². The highest BCUT2D eigenvalue weighted by Gasteiger charge is 2.16. The van der Waals surface area contributed by atoms with Crippen LogP contribution in [0, 0.1) is 0 Å². The summed E-state index contributed by atoms with van der Waals surface area (Å²) in [5.74, 6) is 0. The molecule has 2 rings (SSSR count). The molecule has 0 aliphatic carbocycles. The van der Waals surface area contributed by atoms with Crippen LogP contribution in [0.3, 0.4) is 0 Å². The number of nitrogen functional groups attached to an aromatic ring is 1. The molecule has 0 spiro atoms. The van der Waals surface area contributed by atoms with Gasteiger partial charge in [-0.25, -0.2) is 0 Å². The van der Waals surface area contributed by atoms with Crippen molar-refractivity contribution >= 4 is 5.69 Å². The molecular formula is C10H13NO2. The van der Waals surface area contributed by atoms with Crippen LogP contribution in [-0.2, 0) is 15.9 Å². The second-order valence-electron chi connectivity index (χ2n) is 3.07. The highest BCUT2D eigenvalue weighted by atomic mass is 16.7. The van der Waals surface area contributed by atoms with Crippen LogP contribution in [0.2, 0.25) is 0 Å². The van der Waals surface area contributed by atoms with Crippen LogP contribution in [0.15, 0.2) is 24.3 Å². The van der Waals surface area contributed by atoms with E-state index in [1.165, 1.54) is 0 Å². The average Bonchev–Trinajstić information content (AvgIpc) is 2.61. The van der Waals surface area contributed by atoms with Gasteiger partial charge in [0.05, 0.1) is 13.2 Å². The Kier molecular flexibility index (Phi) is 2.47. The second-order valence-corrected chi connectivity index (χ2v) is 3.07. The van der Waals surface area contributed by atoms with Crippen LogP contribution < -0.4 is 5.73 Å². The average molecular weight is 179 g/mol. The zero-order valence-corrected chi connectivity index (χ0v) is 7.40. The van der Waals surface area contributed by atoms with Gasteiger partial charge in [-0.1, -0.05) is 18.2 Å². The van der Waals surface area contributed by atoms with E-state index >= 15 is 0 Å². The summed E-state index contributed by atoms with van der Waals surface area (Å²) in [5.41, 5.74) is 7.69. The van der Waals surface area contributed by atoms with Gasteiger partial charge in [0.2, 0.25) is 0 Å². The highest BCUT2D eigenvalue weighted by molar-refractivity contribution is 5.46. The van der Waals surface area contributed by atoms with Crippen molar-refractivity contribution in [2.24, 2.45) is 0 Å². The van der Waals surface area contributed by atoms with Crippen molar-refractivity contribution in [3.8, 4) is 0 Å². The van der Waals surface area contributed by atoms with E-state index in [2.05, 4.69) is 0 Å². The van der Waals surface area contributed by atoms with Gasteiger partial charge in [0, 0.05) is 12.1 Å². The number of anilines is 1. The normalized spacial score (nSPS) is 17.8. The first-order valence-electron chi connectivity index (χ1n) is 4.43. The van der Waals surface area contributed by atoms with Gasteiger partial charge in [-0.05, 0) is 11.6 Å². The van der Waals surface area contributed by atoms with Gasteiger partial charge >= 0.3 is 0 Å². The van der Waals surface area contributed by atoms with Crippen molar-refractivity contribution in [2.45, 2.75) is 12.7 Å². The van der Waals surface area contributed by atoms with Crippen LogP contribution in [0.4, 0.5) is 5.69 Å². The maximum absolute atomic E-state index is 5.79. The van der Waals surface area contributed by atoms with E-state index in [9.17, 15) is 0 Å². The number of benzene rings is 1. The Morgan fingerprint density at radius 1 is 1.23 bits per heavy atom. The molecule has 1 aliphatic rings. The van der Waals surface area contributed by atoms with Gasteiger partial charge < -0.3 is 15.2 Å². The molecule has 0 aromatic heterocycles. The standard InChI is InChI=1S/C10H13NO2/c11-9-4-2-1-3-8(9)7-10-12-5-6-13-10/h1-4,10H,5-7,11H2. The quantitative estimate of drug-likeness (QED) is 0.693. The second kappa shape index (κ2) is 3.77. The van der Waals surface area contributed by atoms with Crippen LogP contribution in [0.25, 0.3) is 0 Å². The number of nitrogens with two attached hydrogens (primary N) is 1.